The molecule has 0 fully saturated rings. The average Bonchev–Trinajstić information content (AvgIpc) is 2.56. The maximum absolute atomic E-state index is 11.6. The van der Waals surface area contributed by atoms with E-state index >= 15 is 0 Å². The third kappa shape index (κ3) is 7.97. The maximum Gasteiger partial charge on any atom is 0.249 e. The van der Waals surface area contributed by atoms with Crippen molar-refractivity contribution in [2.24, 2.45) is 0 Å². The van der Waals surface area contributed by atoms with E-state index in [4.69, 9.17) is 0 Å². The molecule has 5 nitrogen and oxygen atoms in total. The van der Waals surface area contributed by atoms with Gasteiger partial charge in [-0.25, -0.2) is 0 Å². The summed E-state index contributed by atoms with van der Waals surface area (Å²) in [6.07, 6.45) is 3.92. The zero-order chi connectivity index (χ0) is 17.1. The molecule has 0 aliphatic carbocycles. The molecule has 0 heterocycles. The summed E-state index contributed by atoms with van der Waals surface area (Å²) in [5.74, 6) is -0.477. The zero-order valence-electron chi connectivity index (χ0n) is 13.4. The number of aliphatic hydroxyl groups is 1. The van der Waals surface area contributed by atoms with E-state index in [2.05, 4.69) is 17.2 Å². The second kappa shape index (κ2) is 10.3. The Bertz CT molecular complexity index is 551. The first-order valence-corrected chi connectivity index (χ1v) is 7.66. The average molecular weight is 316 g/mol. The van der Waals surface area contributed by atoms with Gasteiger partial charge in [0.25, 0.3) is 0 Å². The van der Waals surface area contributed by atoms with Crippen LogP contribution in [0.2, 0.25) is 0 Å². The Kier molecular flexibility index (Phi) is 8.39. The Morgan fingerprint density at radius 3 is 2.39 bits per heavy atom. The molecule has 23 heavy (non-hydrogen) atoms. The van der Waals surface area contributed by atoms with Gasteiger partial charge < -0.3 is 15.7 Å². The summed E-state index contributed by atoms with van der Waals surface area (Å²) in [4.78, 5) is 23.1. The van der Waals surface area contributed by atoms with Crippen LogP contribution in [0.3, 0.4) is 0 Å². The molecule has 0 aromatic heterocycles. The van der Waals surface area contributed by atoms with Crippen molar-refractivity contribution >= 4 is 17.9 Å². The summed E-state index contributed by atoms with van der Waals surface area (Å²) in [7, 11) is 0. The molecule has 5 heteroatoms. The summed E-state index contributed by atoms with van der Waals surface area (Å²) in [5.41, 5.74) is 1.13. The number of aliphatic hydroxyl groups excluding tert-OH is 1. The normalized spacial score (nSPS) is 11.9. The number of hydrogen-bond acceptors (Lipinski definition) is 3. The second-order valence-corrected chi connectivity index (χ2v) is 5.20. The van der Waals surface area contributed by atoms with E-state index in [0.717, 1.165) is 18.4 Å². The smallest absolute Gasteiger partial charge is 0.249 e. The Hall–Kier alpha value is -2.40. The Morgan fingerprint density at radius 2 is 1.78 bits per heavy atom. The van der Waals surface area contributed by atoms with E-state index in [1.165, 1.54) is 13.0 Å². The number of unbranched alkanes of at least 4 members (excludes halogenated alkanes) is 1. The molecule has 0 spiro atoms. The first-order chi connectivity index (χ1) is 11.0. The maximum atomic E-state index is 11.6. The monoisotopic (exact) mass is 316 g/mol. The Balaban J connectivity index is 2.11. The van der Waals surface area contributed by atoms with Gasteiger partial charge >= 0.3 is 0 Å². The van der Waals surface area contributed by atoms with Gasteiger partial charge in [0.15, 0.2) is 0 Å². The minimum atomic E-state index is -0.842. The van der Waals surface area contributed by atoms with Crippen LogP contribution in [0.1, 0.15) is 25.3 Å². The molecule has 0 aliphatic rings. The summed E-state index contributed by atoms with van der Waals surface area (Å²) in [6, 6.07) is 9.60. The lowest BCUT2D eigenvalue weighted by Crippen LogP contribution is -2.30. The second-order valence-electron chi connectivity index (χ2n) is 5.20. The van der Waals surface area contributed by atoms with Crippen molar-refractivity contribution in [3.05, 3.63) is 54.1 Å². The molecule has 1 atom stereocenters. The molecule has 1 unspecified atom stereocenters. The number of benzene rings is 1. The molecule has 2 amide bonds. The predicted molar refractivity (Wildman–Crippen MR) is 91.6 cm³/mol. The highest BCUT2D eigenvalue weighted by Crippen LogP contribution is 2.00. The molecule has 0 aliphatic heterocycles. The fourth-order valence-electron chi connectivity index (χ4n) is 1.76. The Labute approximate surface area is 137 Å². The van der Waals surface area contributed by atoms with E-state index in [0.29, 0.717) is 13.1 Å². The van der Waals surface area contributed by atoms with Gasteiger partial charge in [-0.3, -0.25) is 9.59 Å². The van der Waals surface area contributed by atoms with E-state index in [1.54, 1.807) is 6.08 Å². The molecular formula is C18H24N2O3. The Morgan fingerprint density at radius 1 is 1.17 bits per heavy atom. The first-order valence-electron chi connectivity index (χ1n) is 7.66. The highest BCUT2D eigenvalue weighted by atomic mass is 16.3. The molecule has 0 saturated heterocycles. The van der Waals surface area contributed by atoms with Crippen LogP contribution in [-0.4, -0.2) is 36.1 Å². The lowest BCUT2D eigenvalue weighted by molar-refractivity contribution is -0.118. The number of rotatable bonds is 9. The number of amides is 2. The minimum absolute atomic E-state index is 0.139. The summed E-state index contributed by atoms with van der Waals surface area (Å²) < 4.78 is 0. The van der Waals surface area contributed by atoms with Crippen molar-refractivity contribution in [1.29, 1.82) is 0 Å². The van der Waals surface area contributed by atoms with Crippen LogP contribution in [0.5, 0.6) is 0 Å². The van der Waals surface area contributed by atoms with Crippen molar-refractivity contribution in [2.75, 3.05) is 13.1 Å². The predicted octanol–water partition coefficient (Wildman–Crippen LogP) is 1.65. The molecular weight excluding hydrogens is 292 g/mol. The number of hydrogen-bond donors (Lipinski definition) is 3. The van der Waals surface area contributed by atoms with Crippen LogP contribution < -0.4 is 10.6 Å². The highest BCUT2D eigenvalue weighted by Gasteiger charge is 2.10. The number of carbonyl (C=O) groups excluding carboxylic acids is 2. The molecule has 124 valence electrons. The van der Waals surface area contributed by atoms with Crippen molar-refractivity contribution in [3.63, 3.8) is 0 Å². The largest absolute Gasteiger partial charge is 0.389 e. The lowest BCUT2D eigenvalue weighted by atomic mass is 10.2. The van der Waals surface area contributed by atoms with Gasteiger partial charge in [0, 0.05) is 24.7 Å². The standard InChI is InChI=1S/C18H24N2O3/c1-14(15(2)21)18(23)20-13-7-6-12-19-17(22)11-10-16-8-4-3-5-9-16/h3-5,8-11,15,21H,1,6-7,12-13H2,2H3,(H,19,22)(H,20,23). The molecule has 0 saturated carbocycles. The van der Waals surface area contributed by atoms with E-state index in [-0.39, 0.29) is 17.4 Å². The van der Waals surface area contributed by atoms with Gasteiger partial charge in [0.2, 0.25) is 11.8 Å². The van der Waals surface area contributed by atoms with Gasteiger partial charge in [0.1, 0.15) is 0 Å². The molecule has 1 aromatic carbocycles. The van der Waals surface area contributed by atoms with Crippen LogP contribution in [-0.2, 0) is 9.59 Å². The van der Waals surface area contributed by atoms with Gasteiger partial charge in [-0.1, -0.05) is 36.9 Å². The van der Waals surface area contributed by atoms with Crippen molar-refractivity contribution in [2.45, 2.75) is 25.9 Å². The number of carbonyl (C=O) groups is 2. The fourth-order valence-corrected chi connectivity index (χ4v) is 1.76. The molecule has 1 aromatic rings. The van der Waals surface area contributed by atoms with Gasteiger partial charge in [-0.15, -0.1) is 0 Å². The lowest BCUT2D eigenvalue weighted by Gasteiger charge is -2.09. The van der Waals surface area contributed by atoms with Crippen molar-refractivity contribution in [3.8, 4) is 0 Å². The number of nitrogens with one attached hydrogen (secondary N) is 2. The first kappa shape index (κ1) is 18.6. The van der Waals surface area contributed by atoms with E-state index in [1.807, 2.05) is 30.3 Å². The third-order valence-corrected chi connectivity index (χ3v) is 3.21. The SMILES string of the molecule is C=C(C(=O)NCCCCNC(=O)C=Cc1ccccc1)C(C)O. The van der Waals surface area contributed by atoms with Gasteiger partial charge in [-0.05, 0) is 31.4 Å². The van der Waals surface area contributed by atoms with Crippen LogP contribution in [0.15, 0.2) is 48.6 Å². The van der Waals surface area contributed by atoms with Gasteiger partial charge in [0.05, 0.1) is 6.10 Å². The minimum Gasteiger partial charge on any atom is -0.389 e. The van der Waals surface area contributed by atoms with Gasteiger partial charge in [-0.2, -0.15) is 0 Å². The fraction of sp³-hybridized carbons (Fsp3) is 0.333. The zero-order valence-corrected chi connectivity index (χ0v) is 13.4. The van der Waals surface area contributed by atoms with E-state index in [9.17, 15) is 14.7 Å². The van der Waals surface area contributed by atoms with Crippen molar-refractivity contribution < 1.29 is 14.7 Å². The van der Waals surface area contributed by atoms with Crippen LogP contribution in [0.25, 0.3) is 6.08 Å². The van der Waals surface area contributed by atoms with Crippen LogP contribution in [0.4, 0.5) is 0 Å². The summed E-state index contributed by atoms with van der Waals surface area (Å²) >= 11 is 0. The van der Waals surface area contributed by atoms with Crippen LogP contribution >= 0.6 is 0 Å². The van der Waals surface area contributed by atoms with Crippen LogP contribution in [0, 0.1) is 0 Å². The highest BCUT2D eigenvalue weighted by molar-refractivity contribution is 5.93. The molecule has 0 bridgehead atoms. The quantitative estimate of drug-likeness (QED) is 0.479. The van der Waals surface area contributed by atoms with Crippen molar-refractivity contribution in [1.82, 2.24) is 10.6 Å². The summed E-state index contributed by atoms with van der Waals surface area (Å²) in [5, 5.41) is 14.7. The van der Waals surface area contributed by atoms with E-state index < -0.39 is 6.10 Å². The molecule has 1 rings (SSSR count). The topological polar surface area (TPSA) is 78.4 Å². The molecule has 0 radical (unpaired) electrons. The third-order valence-electron chi connectivity index (χ3n) is 3.21. The summed E-state index contributed by atoms with van der Waals surface area (Å²) in [6.45, 7) is 6.04. The molecule has 3 N–H and O–H groups in total.